The fourth-order valence-corrected chi connectivity index (χ4v) is 6.40. The second-order valence-electron chi connectivity index (χ2n) is 11.4. The molecule has 1 N–H and O–H groups in total. The van der Waals surface area contributed by atoms with E-state index in [4.69, 9.17) is 4.74 Å². The number of nitrogens with zero attached hydrogens (tertiary/aromatic N) is 2. The molecular formula is C34H36F5N3O4S. The maximum absolute atomic E-state index is 14.0. The fraction of sp³-hybridized carbons (Fsp3) is 0.412. The van der Waals surface area contributed by atoms with Crippen molar-refractivity contribution < 1.29 is 39.9 Å². The van der Waals surface area contributed by atoms with Gasteiger partial charge in [0.1, 0.15) is 0 Å². The van der Waals surface area contributed by atoms with E-state index >= 15 is 0 Å². The van der Waals surface area contributed by atoms with Gasteiger partial charge in [-0.05, 0) is 72.5 Å². The van der Waals surface area contributed by atoms with Gasteiger partial charge >= 0.3 is 12.3 Å². The van der Waals surface area contributed by atoms with E-state index in [1.165, 1.54) is 38.1 Å². The summed E-state index contributed by atoms with van der Waals surface area (Å²) in [7, 11) is -3.42. The molecule has 3 aromatic carbocycles. The van der Waals surface area contributed by atoms with Gasteiger partial charge in [0.25, 0.3) is 5.91 Å². The molecule has 0 aliphatic carbocycles. The molecule has 1 heterocycles. The molecule has 0 radical (unpaired) electrons. The Bertz CT molecular complexity index is 1660. The van der Waals surface area contributed by atoms with Crippen LogP contribution in [0.15, 0.2) is 77.7 Å². The number of amides is 1. The molecule has 47 heavy (non-hydrogen) atoms. The number of carbonyl (C=O) groups excluding carboxylic acids is 1. The first-order chi connectivity index (χ1) is 22.2. The highest BCUT2D eigenvalue weighted by atomic mass is 32.2. The predicted octanol–water partition coefficient (Wildman–Crippen LogP) is 7.66. The SMILES string of the molecule is CCC(F)(F)OC[C@@H]1CC[C@H](c2ccc(C(F)(F)F)cc2)CN1c1ccc(C(=O)N[C@H](CC#N)c2ccc(S(=O)(=O)CC)cc2)cc1. The summed E-state index contributed by atoms with van der Waals surface area (Å²) in [5.74, 6) is -0.716. The van der Waals surface area contributed by atoms with Crippen molar-refractivity contribution in [3.63, 3.8) is 0 Å². The average molecular weight is 678 g/mol. The van der Waals surface area contributed by atoms with Crippen molar-refractivity contribution in [1.29, 1.82) is 5.26 Å². The number of halogens is 5. The first-order valence-electron chi connectivity index (χ1n) is 15.2. The van der Waals surface area contributed by atoms with Crippen LogP contribution in [0.5, 0.6) is 0 Å². The Kier molecular flexibility index (Phi) is 11.3. The molecule has 252 valence electrons. The van der Waals surface area contributed by atoms with Crippen molar-refractivity contribution in [2.75, 3.05) is 23.8 Å². The Labute approximate surface area is 271 Å². The van der Waals surface area contributed by atoms with Crippen LogP contribution in [-0.4, -0.2) is 45.4 Å². The Balaban J connectivity index is 1.53. The maximum Gasteiger partial charge on any atom is 0.416 e. The lowest BCUT2D eigenvalue weighted by Gasteiger charge is -2.42. The normalized spacial score (nSPS) is 18.0. The summed E-state index contributed by atoms with van der Waals surface area (Å²) in [5, 5.41) is 12.2. The molecule has 1 aliphatic heterocycles. The summed E-state index contributed by atoms with van der Waals surface area (Å²) >= 11 is 0. The van der Waals surface area contributed by atoms with Crippen LogP contribution < -0.4 is 10.2 Å². The Morgan fingerprint density at radius 2 is 1.62 bits per heavy atom. The number of nitriles is 1. The first-order valence-corrected chi connectivity index (χ1v) is 16.9. The first kappa shape index (κ1) is 35.8. The van der Waals surface area contributed by atoms with Crippen LogP contribution in [0.3, 0.4) is 0 Å². The molecule has 1 fully saturated rings. The minimum atomic E-state index is -4.46. The molecule has 4 rings (SSSR count). The molecule has 0 bridgehead atoms. The van der Waals surface area contributed by atoms with Crippen molar-refractivity contribution >= 4 is 21.4 Å². The van der Waals surface area contributed by atoms with Gasteiger partial charge in [0.05, 0.1) is 47.4 Å². The highest BCUT2D eigenvalue weighted by Gasteiger charge is 2.35. The zero-order chi connectivity index (χ0) is 34.4. The van der Waals surface area contributed by atoms with E-state index in [1.807, 2.05) is 11.0 Å². The van der Waals surface area contributed by atoms with E-state index in [9.17, 15) is 40.4 Å². The van der Waals surface area contributed by atoms with Crippen LogP contribution in [0.2, 0.25) is 0 Å². The maximum atomic E-state index is 14.0. The molecular weight excluding hydrogens is 641 g/mol. The van der Waals surface area contributed by atoms with Crippen LogP contribution in [0.1, 0.15) is 78.5 Å². The molecule has 7 nitrogen and oxygen atoms in total. The third-order valence-corrected chi connectivity index (χ3v) is 10.1. The minimum Gasteiger partial charge on any atom is -0.366 e. The Hall–Kier alpha value is -4.02. The lowest BCUT2D eigenvalue weighted by Crippen LogP contribution is -2.46. The van der Waals surface area contributed by atoms with E-state index in [0.717, 1.165) is 12.1 Å². The number of ether oxygens (including phenoxy) is 1. The summed E-state index contributed by atoms with van der Waals surface area (Å²) < 4.78 is 96.6. The highest BCUT2D eigenvalue weighted by Crippen LogP contribution is 2.36. The molecule has 1 amide bonds. The molecule has 1 aliphatic rings. The summed E-state index contributed by atoms with van der Waals surface area (Å²) in [6.45, 7) is 2.92. The average Bonchev–Trinajstić information content (AvgIpc) is 3.07. The topological polar surface area (TPSA) is 99.5 Å². The van der Waals surface area contributed by atoms with Crippen molar-refractivity contribution in [2.24, 2.45) is 0 Å². The largest absolute Gasteiger partial charge is 0.416 e. The number of sulfone groups is 1. The quantitative estimate of drug-likeness (QED) is 0.198. The van der Waals surface area contributed by atoms with Gasteiger partial charge in [-0.25, -0.2) is 8.42 Å². The van der Waals surface area contributed by atoms with Crippen LogP contribution in [0, 0.1) is 11.3 Å². The molecule has 0 spiro atoms. The van der Waals surface area contributed by atoms with Gasteiger partial charge in [-0.1, -0.05) is 38.1 Å². The summed E-state index contributed by atoms with van der Waals surface area (Å²) in [5.41, 5.74) is 1.38. The summed E-state index contributed by atoms with van der Waals surface area (Å²) in [6.07, 6.45) is -7.32. The van der Waals surface area contributed by atoms with E-state index in [1.54, 1.807) is 36.4 Å². The van der Waals surface area contributed by atoms with Crippen molar-refractivity contribution in [3.8, 4) is 6.07 Å². The van der Waals surface area contributed by atoms with Gasteiger partial charge < -0.3 is 15.0 Å². The molecule has 0 saturated carbocycles. The van der Waals surface area contributed by atoms with E-state index < -0.39 is 52.1 Å². The second-order valence-corrected chi connectivity index (χ2v) is 13.7. The highest BCUT2D eigenvalue weighted by molar-refractivity contribution is 7.91. The lowest BCUT2D eigenvalue weighted by molar-refractivity contribution is -0.241. The van der Waals surface area contributed by atoms with Gasteiger partial charge in [0.2, 0.25) is 0 Å². The van der Waals surface area contributed by atoms with E-state index in [-0.39, 0.29) is 35.2 Å². The zero-order valence-corrected chi connectivity index (χ0v) is 26.8. The lowest BCUT2D eigenvalue weighted by atomic mass is 9.86. The minimum absolute atomic E-state index is 0.0626. The molecule has 3 atom stereocenters. The molecule has 0 unspecified atom stereocenters. The number of rotatable bonds is 12. The van der Waals surface area contributed by atoms with Crippen molar-refractivity contribution in [1.82, 2.24) is 5.32 Å². The number of nitrogens with one attached hydrogen (secondary N) is 1. The van der Waals surface area contributed by atoms with Crippen molar-refractivity contribution in [3.05, 3.63) is 95.1 Å². The monoisotopic (exact) mass is 677 g/mol. The zero-order valence-electron chi connectivity index (χ0n) is 25.9. The van der Waals surface area contributed by atoms with Crippen LogP contribution in [0.4, 0.5) is 27.6 Å². The van der Waals surface area contributed by atoms with Crippen molar-refractivity contribution in [2.45, 2.75) is 74.7 Å². The molecule has 0 aromatic heterocycles. The smallest absolute Gasteiger partial charge is 0.366 e. The Morgan fingerprint density at radius 3 is 2.17 bits per heavy atom. The van der Waals surface area contributed by atoms with Gasteiger partial charge in [0, 0.05) is 30.1 Å². The number of piperidine rings is 1. The van der Waals surface area contributed by atoms with Gasteiger partial charge in [-0.3, -0.25) is 4.79 Å². The van der Waals surface area contributed by atoms with E-state index in [2.05, 4.69) is 5.32 Å². The van der Waals surface area contributed by atoms with Gasteiger partial charge in [-0.15, -0.1) is 0 Å². The molecule has 3 aromatic rings. The second kappa shape index (κ2) is 14.8. The van der Waals surface area contributed by atoms with E-state index in [0.29, 0.717) is 36.2 Å². The van der Waals surface area contributed by atoms with Gasteiger partial charge in [0.15, 0.2) is 9.84 Å². The Morgan fingerprint density at radius 1 is 0.979 bits per heavy atom. The molecule has 1 saturated heterocycles. The van der Waals surface area contributed by atoms with Crippen LogP contribution in [-0.2, 0) is 20.8 Å². The number of anilines is 1. The number of benzene rings is 3. The van der Waals surface area contributed by atoms with Crippen LogP contribution in [0.25, 0.3) is 0 Å². The molecule has 13 heteroatoms. The number of hydrogen-bond acceptors (Lipinski definition) is 6. The number of carbonyl (C=O) groups is 1. The van der Waals surface area contributed by atoms with Crippen LogP contribution >= 0.6 is 0 Å². The predicted molar refractivity (Wildman–Crippen MR) is 167 cm³/mol. The summed E-state index contributed by atoms with van der Waals surface area (Å²) in [6, 6.07) is 18.3. The summed E-state index contributed by atoms with van der Waals surface area (Å²) in [4.78, 5) is 15.2. The number of alkyl halides is 5. The third-order valence-electron chi connectivity index (χ3n) is 8.40. The third kappa shape index (κ3) is 9.08. The fourth-order valence-electron chi connectivity index (χ4n) is 5.52. The standard InChI is InChI=1S/C34H36F5N3O4S/c1-3-33(35,36)46-22-29-16-9-26(23-5-12-27(13-6-23)34(37,38)39)21-42(29)28-14-7-25(8-15-28)32(43)41-31(19-20-40)24-10-17-30(18-11-24)47(44,45)4-2/h5-8,10-15,17-18,26,29,31H,3-4,9,16,19,21-22H2,1-2H3,(H,41,43)/t26-,29-,31+/m0/s1. The van der Waals surface area contributed by atoms with Gasteiger partial charge in [-0.2, -0.15) is 27.2 Å². The number of hydrogen-bond donors (Lipinski definition) is 1.